The van der Waals surface area contributed by atoms with Gasteiger partial charge in [-0.15, -0.1) is 0 Å². The van der Waals surface area contributed by atoms with Crippen molar-refractivity contribution in [2.75, 3.05) is 0 Å². The lowest BCUT2D eigenvalue weighted by atomic mass is 10.1. The van der Waals surface area contributed by atoms with E-state index in [1.165, 1.54) is 12.5 Å². The second-order valence-corrected chi connectivity index (χ2v) is 3.54. The summed E-state index contributed by atoms with van der Waals surface area (Å²) in [5.41, 5.74) is 1.18. The Balaban J connectivity index is 4.10. The van der Waals surface area contributed by atoms with E-state index < -0.39 is 0 Å². The number of carbonyl (C=O) groups excluding carboxylic acids is 1. The van der Waals surface area contributed by atoms with Crippen molar-refractivity contribution in [2.45, 2.75) is 46.6 Å². The third-order valence-electron chi connectivity index (χ3n) is 1.69. The molecule has 0 bridgehead atoms. The van der Waals surface area contributed by atoms with Crippen LogP contribution in [0.2, 0.25) is 0 Å². The van der Waals surface area contributed by atoms with Gasteiger partial charge in [0.05, 0.1) is 0 Å². The van der Waals surface area contributed by atoms with Gasteiger partial charge in [0.1, 0.15) is 6.10 Å². The number of rotatable bonds is 5. The Morgan fingerprint density at radius 2 is 2.00 bits per heavy atom. The minimum absolute atomic E-state index is 0.0753. The molecule has 0 aliphatic rings. The van der Waals surface area contributed by atoms with Crippen LogP contribution in [-0.4, -0.2) is 12.1 Å². The number of allylic oxidation sites excluding steroid dienone is 3. The number of carbonyl (C=O) groups is 1. The predicted molar refractivity (Wildman–Crippen MR) is 59.0 cm³/mol. The Bertz CT molecular complexity index is 222. The molecule has 0 saturated heterocycles. The number of ether oxygens (including phenoxy) is 1. The molecule has 0 aliphatic heterocycles. The van der Waals surface area contributed by atoms with Crippen molar-refractivity contribution >= 4 is 5.97 Å². The minimum atomic E-state index is -0.215. The lowest BCUT2D eigenvalue weighted by Gasteiger charge is -2.12. The zero-order valence-corrected chi connectivity index (χ0v) is 9.54. The summed E-state index contributed by atoms with van der Waals surface area (Å²) in [5, 5.41) is 0. The molecule has 0 spiro atoms. The van der Waals surface area contributed by atoms with Crippen LogP contribution in [0, 0.1) is 0 Å². The van der Waals surface area contributed by atoms with Gasteiger partial charge in [-0.25, -0.2) is 0 Å². The third-order valence-corrected chi connectivity index (χ3v) is 1.69. The van der Waals surface area contributed by atoms with E-state index in [-0.39, 0.29) is 12.1 Å². The quantitative estimate of drug-likeness (QED) is 0.498. The fourth-order valence-electron chi connectivity index (χ4n) is 1.19. The monoisotopic (exact) mass is 196 g/mol. The maximum Gasteiger partial charge on any atom is 0.303 e. The van der Waals surface area contributed by atoms with E-state index in [1.807, 2.05) is 32.9 Å². The molecule has 1 atom stereocenters. The Morgan fingerprint density at radius 1 is 1.36 bits per heavy atom. The number of esters is 1. The van der Waals surface area contributed by atoms with Gasteiger partial charge >= 0.3 is 5.97 Å². The van der Waals surface area contributed by atoms with Crippen LogP contribution >= 0.6 is 0 Å². The average Bonchev–Trinajstić information content (AvgIpc) is 2.02. The van der Waals surface area contributed by atoms with E-state index in [4.69, 9.17) is 4.74 Å². The summed E-state index contributed by atoms with van der Waals surface area (Å²) in [5.74, 6) is -0.215. The summed E-state index contributed by atoms with van der Waals surface area (Å²) in [6.45, 7) is 7.45. The molecule has 0 N–H and O–H groups in total. The van der Waals surface area contributed by atoms with Gasteiger partial charge in [-0.2, -0.15) is 0 Å². The zero-order valence-electron chi connectivity index (χ0n) is 9.54. The third kappa shape index (κ3) is 7.59. The molecule has 0 aromatic rings. The molecule has 0 saturated carbocycles. The van der Waals surface area contributed by atoms with Crippen LogP contribution in [0.3, 0.4) is 0 Å². The van der Waals surface area contributed by atoms with Crippen LogP contribution in [0.25, 0.3) is 0 Å². The Kier molecular flexibility index (Phi) is 6.81. The molecule has 0 aromatic carbocycles. The Labute approximate surface area is 86.6 Å². The van der Waals surface area contributed by atoms with E-state index in [0.29, 0.717) is 0 Å². The molecule has 0 aliphatic carbocycles. The standard InChI is InChI=1S/C12H20O2/c1-5-6-7-8-12(9-10(2)3)14-11(4)13/h5-6,9,12H,7-8H2,1-4H3/b6-5+. The zero-order chi connectivity index (χ0) is 11.0. The summed E-state index contributed by atoms with van der Waals surface area (Å²) in [4.78, 5) is 10.8. The van der Waals surface area contributed by atoms with Crippen molar-refractivity contribution in [1.29, 1.82) is 0 Å². The first-order valence-corrected chi connectivity index (χ1v) is 4.99. The molecule has 14 heavy (non-hydrogen) atoms. The Hall–Kier alpha value is -1.05. The first kappa shape index (κ1) is 12.9. The van der Waals surface area contributed by atoms with Crippen molar-refractivity contribution in [3.8, 4) is 0 Å². The number of hydrogen-bond acceptors (Lipinski definition) is 2. The topological polar surface area (TPSA) is 26.3 Å². The largest absolute Gasteiger partial charge is 0.458 e. The highest BCUT2D eigenvalue weighted by atomic mass is 16.5. The Morgan fingerprint density at radius 3 is 2.43 bits per heavy atom. The molecule has 0 aromatic heterocycles. The van der Waals surface area contributed by atoms with Crippen molar-refractivity contribution < 1.29 is 9.53 Å². The molecule has 0 heterocycles. The van der Waals surface area contributed by atoms with E-state index in [9.17, 15) is 4.79 Å². The highest BCUT2D eigenvalue weighted by Gasteiger charge is 2.07. The molecule has 0 fully saturated rings. The van der Waals surface area contributed by atoms with Gasteiger partial charge in [-0.3, -0.25) is 4.79 Å². The highest BCUT2D eigenvalue weighted by molar-refractivity contribution is 5.66. The van der Waals surface area contributed by atoms with Crippen molar-refractivity contribution in [1.82, 2.24) is 0 Å². The van der Waals surface area contributed by atoms with Gasteiger partial charge in [-0.05, 0) is 39.7 Å². The van der Waals surface area contributed by atoms with Gasteiger partial charge in [0.15, 0.2) is 0 Å². The van der Waals surface area contributed by atoms with Gasteiger partial charge < -0.3 is 4.74 Å². The molecule has 0 amide bonds. The number of hydrogen-bond donors (Lipinski definition) is 0. The molecule has 2 nitrogen and oxygen atoms in total. The molecule has 2 heteroatoms. The fraction of sp³-hybridized carbons (Fsp3) is 0.583. The molecular weight excluding hydrogens is 176 g/mol. The van der Waals surface area contributed by atoms with Gasteiger partial charge in [0, 0.05) is 6.92 Å². The molecular formula is C12H20O2. The lowest BCUT2D eigenvalue weighted by molar-refractivity contribution is -0.144. The van der Waals surface area contributed by atoms with Crippen LogP contribution in [0.5, 0.6) is 0 Å². The van der Waals surface area contributed by atoms with Crippen molar-refractivity contribution in [2.24, 2.45) is 0 Å². The van der Waals surface area contributed by atoms with Gasteiger partial charge in [0.25, 0.3) is 0 Å². The maximum atomic E-state index is 10.8. The van der Waals surface area contributed by atoms with Crippen molar-refractivity contribution in [3.63, 3.8) is 0 Å². The van der Waals surface area contributed by atoms with E-state index in [0.717, 1.165) is 12.8 Å². The van der Waals surface area contributed by atoms with Crippen molar-refractivity contribution in [3.05, 3.63) is 23.8 Å². The SMILES string of the molecule is C/C=C/CCC(C=C(C)C)OC(C)=O. The van der Waals surface area contributed by atoms with Crippen LogP contribution in [0.1, 0.15) is 40.5 Å². The highest BCUT2D eigenvalue weighted by Crippen LogP contribution is 2.08. The smallest absolute Gasteiger partial charge is 0.303 e. The van der Waals surface area contributed by atoms with E-state index in [1.54, 1.807) is 0 Å². The lowest BCUT2D eigenvalue weighted by Crippen LogP contribution is -2.13. The fourth-order valence-corrected chi connectivity index (χ4v) is 1.19. The second-order valence-electron chi connectivity index (χ2n) is 3.54. The van der Waals surface area contributed by atoms with Gasteiger partial charge in [-0.1, -0.05) is 17.7 Å². The first-order valence-electron chi connectivity index (χ1n) is 4.99. The predicted octanol–water partition coefficient (Wildman–Crippen LogP) is 3.24. The second kappa shape index (κ2) is 7.36. The molecule has 0 radical (unpaired) electrons. The van der Waals surface area contributed by atoms with Crippen LogP contribution < -0.4 is 0 Å². The summed E-state index contributed by atoms with van der Waals surface area (Å²) in [6, 6.07) is 0. The van der Waals surface area contributed by atoms with E-state index in [2.05, 4.69) is 6.08 Å². The average molecular weight is 196 g/mol. The first-order chi connectivity index (χ1) is 6.56. The van der Waals surface area contributed by atoms with Crippen LogP contribution in [0.15, 0.2) is 23.8 Å². The molecule has 0 rings (SSSR count). The molecule has 1 unspecified atom stereocenters. The summed E-state index contributed by atoms with van der Waals surface area (Å²) in [7, 11) is 0. The minimum Gasteiger partial charge on any atom is -0.458 e. The molecule has 80 valence electrons. The maximum absolute atomic E-state index is 10.8. The summed E-state index contributed by atoms with van der Waals surface area (Å²) >= 11 is 0. The summed E-state index contributed by atoms with van der Waals surface area (Å²) < 4.78 is 5.16. The van der Waals surface area contributed by atoms with Crippen LogP contribution in [-0.2, 0) is 9.53 Å². The van der Waals surface area contributed by atoms with E-state index >= 15 is 0 Å². The van der Waals surface area contributed by atoms with Crippen LogP contribution in [0.4, 0.5) is 0 Å². The summed E-state index contributed by atoms with van der Waals surface area (Å²) in [6.07, 6.45) is 7.80. The van der Waals surface area contributed by atoms with Gasteiger partial charge in [0.2, 0.25) is 0 Å². The normalized spacial score (nSPS) is 12.6.